The van der Waals surface area contributed by atoms with Gasteiger partial charge in [0.1, 0.15) is 5.75 Å². The largest absolute Gasteiger partial charge is 0.573 e. The number of carbonyl (C=O) groups excluding carboxylic acids is 1. The van der Waals surface area contributed by atoms with Gasteiger partial charge in [-0.1, -0.05) is 24.3 Å². The third-order valence-corrected chi connectivity index (χ3v) is 4.75. The maximum absolute atomic E-state index is 12.4. The van der Waals surface area contributed by atoms with Crippen molar-refractivity contribution in [2.24, 2.45) is 0 Å². The van der Waals surface area contributed by atoms with Crippen LogP contribution in [0.4, 0.5) is 18.9 Å². The van der Waals surface area contributed by atoms with Crippen molar-refractivity contribution in [3.8, 4) is 5.75 Å². The van der Waals surface area contributed by atoms with Crippen molar-refractivity contribution in [1.82, 2.24) is 9.80 Å². The Balaban J connectivity index is 1.48. The summed E-state index contributed by atoms with van der Waals surface area (Å²) in [4.78, 5) is 26.5. The zero-order valence-electron chi connectivity index (χ0n) is 16.4. The number of non-ortho nitro benzene ring substituents is 1. The molecule has 1 amide bonds. The van der Waals surface area contributed by atoms with Gasteiger partial charge in [-0.3, -0.25) is 19.8 Å². The molecule has 0 saturated carbocycles. The minimum Gasteiger partial charge on any atom is -0.406 e. The van der Waals surface area contributed by atoms with Crippen LogP contribution in [0.2, 0.25) is 0 Å². The molecule has 0 atom stereocenters. The molecule has 1 aliphatic rings. The Labute approximate surface area is 176 Å². The van der Waals surface area contributed by atoms with Crippen molar-refractivity contribution >= 4 is 17.7 Å². The maximum Gasteiger partial charge on any atom is 0.573 e. The van der Waals surface area contributed by atoms with Gasteiger partial charge < -0.3 is 9.64 Å². The number of nitro groups is 1. The molecule has 1 fully saturated rings. The molecule has 164 valence electrons. The Morgan fingerprint density at radius 2 is 1.77 bits per heavy atom. The minimum atomic E-state index is -4.71. The van der Waals surface area contributed by atoms with Crippen LogP contribution in [-0.4, -0.2) is 53.2 Å². The number of rotatable bonds is 6. The molecule has 1 heterocycles. The number of nitrogens with zero attached hydrogens (tertiary/aromatic N) is 3. The highest BCUT2D eigenvalue weighted by Crippen LogP contribution is 2.23. The van der Waals surface area contributed by atoms with Gasteiger partial charge >= 0.3 is 6.36 Å². The number of benzene rings is 2. The summed E-state index contributed by atoms with van der Waals surface area (Å²) in [6, 6.07) is 11.7. The van der Waals surface area contributed by atoms with Crippen LogP contribution in [0, 0.1) is 10.1 Å². The van der Waals surface area contributed by atoms with Crippen LogP contribution in [0.15, 0.2) is 54.6 Å². The highest BCUT2D eigenvalue weighted by atomic mass is 19.4. The van der Waals surface area contributed by atoms with E-state index in [1.165, 1.54) is 30.3 Å². The molecule has 0 aliphatic carbocycles. The Morgan fingerprint density at radius 1 is 1.10 bits per heavy atom. The smallest absolute Gasteiger partial charge is 0.406 e. The minimum absolute atomic E-state index is 0.0405. The van der Waals surface area contributed by atoms with Crippen molar-refractivity contribution < 1.29 is 27.6 Å². The summed E-state index contributed by atoms with van der Waals surface area (Å²) in [5.41, 5.74) is 1.38. The highest BCUT2D eigenvalue weighted by Gasteiger charge is 2.31. The number of ether oxygens (including phenoxy) is 1. The molecule has 0 unspecified atom stereocenters. The number of hydrogen-bond donors (Lipinski definition) is 0. The number of halogens is 3. The predicted octanol–water partition coefficient (Wildman–Crippen LogP) is 3.85. The fourth-order valence-electron chi connectivity index (χ4n) is 3.20. The Kier molecular flexibility index (Phi) is 6.91. The normalized spacial score (nSPS) is 15.3. The molecule has 3 rings (SSSR count). The van der Waals surface area contributed by atoms with Gasteiger partial charge in [0.05, 0.1) is 4.92 Å². The zero-order valence-corrected chi connectivity index (χ0v) is 16.4. The fourth-order valence-corrected chi connectivity index (χ4v) is 3.20. The molecular formula is C21H20F3N3O4. The Bertz CT molecular complexity index is 953. The van der Waals surface area contributed by atoms with E-state index in [-0.39, 0.29) is 17.3 Å². The maximum atomic E-state index is 12.4. The summed E-state index contributed by atoms with van der Waals surface area (Å²) in [5.74, 6) is -0.443. The summed E-state index contributed by atoms with van der Waals surface area (Å²) in [6.07, 6.45) is -1.77. The van der Waals surface area contributed by atoms with Crippen molar-refractivity contribution in [1.29, 1.82) is 0 Å². The first kappa shape index (κ1) is 22.3. The molecule has 0 aromatic heterocycles. The lowest BCUT2D eigenvalue weighted by Crippen LogP contribution is -2.47. The molecule has 0 bridgehead atoms. The van der Waals surface area contributed by atoms with E-state index in [1.54, 1.807) is 35.2 Å². The molecule has 2 aromatic rings. The van der Waals surface area contributed by atoms with Crippen LogP contribution in [0.3, 0.4) is 0 Å². The van der Waals surface area contributed by atoms with E-state index in [0.717, 1.165) is 5.56 Å². The van der Waals surface area contributed by atoms with Crippen molar-refractivity contribution in [2.45, 2.75) is 12.9 Å². The summed E-state index contributed by atoms with van der Waals surface area (Å²) >= 11 is 0. The van der Waals surface area contributed by atoms with Gasteiger partial charge in [-0.05, 0) is 29.3 Å². The number of piperazine rings is 1. The SMILES string of the molecule is O=C(/C=C/c1cccc([N+](=O)[O-])c1)N1CCN(Cc2ccc(OC(F)(F)F)cc2)CC1. The molecule has 10 heteroatoms. The lowest BCUT2D eigenvalue weighted by molar-refractivity contribution is -0.384. The molecular weight excluding hydrogens is 415 g/mol. The fraction of sp³-hybridized carbons (Fsp3) is 0.286. The van der Waals surface area contributed by atoms with Crippen LogP contribution in [0.25, 0.3) is 6.08 Å². The van der Waals surface area contributed by atoms with Crippen LogP contribution < -0.4 is 4.74 Å². The number of hydrogen-bond acceptors (Lipinski definition) is 5. The van der Waals surface area contributed by atoms with Crippen molar-refractivity contribution in [3.63, 3.8) is 0 Å². The van der Waals surface area contributed by atoms with Crippen LogP contribution in [0.5, 0.6) is 5.75 Å². The topological polar surface area (TPSA) is 75.9 Å². The molecule has 1 saturated heterocycles. The zero-order chi connectivity index (χ0) is 22.4. The van der Waals surface area contributed by atoms with Crippen LogP contribution >= 0.6 is 0 Å². The van der Waals surface area contributed by atoms with E-state index in [1.807, 2.05) is 0 Å². The van der Waals surface area contributed by atoms with Gasteiger partial charge in [0.25, 0.3) is 5.69 Å². The van der Waals surface area contributed by atoms with Crippen LogP contribution in [-0.2, 0) is 11.3 Å². The molecule has 2 aromatic carbocycles. The van der Waals surface area contributed by atoms with E-state index in [9.17, 15) is 28.1 Å². The first-order valence-corrected chi connectivity index (χ1v) is 9.48. The van der Waals surface area contributed by atoms with E-state index < -0.39 is 11.3 Å². The third kappa shape index (κ3) is 6.82. The monoisotopic (exact) mass is 435 g/mol. The van der Waals surface area contributed by atoms with Crippen molar-refractivity contribution in [3.05, 3.63) is 75.8 Å². The second-order valence-electron chi connectivity index (χ2n) is 6.98. The van der Waals surface area contributed by atoms with E-state index in [4.69, 9.17) is 0 Å². The molecule has 0 N–H and O–H groups in total. The van der Waals surface area contributed by atoms with Gasteiger partial charge in [-0.25, -0.2) is 0 Å². The molecule has 0 radical (unpaired) electrons. The number of carbonyl (C=O) groups is 1. The Morgan fingerprint density at radius 3 is 2.39 bits per heavy atom. The molecule has 1 aliphatic heterocycles. The molecule has 7 nitrogen and oxygen atoms in total. The summed E-state index contributed by atoms with van der Waals surface area (Å²) in [5, 5.41) is 10.8. The quantitative estimate of drug-likeness (QED) is 0.391. The van der Waals surface area contributed by atoms with Gasteiger partial charge in [0, 0.05) is 50.9 Å². The van der Waals surface area contributed by atoms with Crippen LogP contribution in [0.1, 0.15) is 11.1 Å². The Hall–Kier alpha value is -3.40. The van der Waals surface area contributed by atoms with E-state index in [0.29, 0.717) is 38.3 Å². The lowest BCUT2D eigenvalue weighted by Gasteiger charge is -2.34. The van der Waals surface area contributed by atoms with Gasteiger partial charge in [0.2, 0.25) is 5.91 Å². The lowest BCUT2D eigenvalue weighted by atomic mass is 10.1. The summed E-state index contributed by atoms with van der Waals surface area (Å²) in [6.45, 7) is 2.81. The molecule has 31 heavy (non-hydrogen) atoms. The van der Waals surface area contributed by atoms with Gasteiger partial charge in [-0.15, -0.1) is 13.2 Å². The summed E-state index contributed by atoms with van der Waals surface area (Å²) < 4.78 is 40.5. The van der Waals surface area contributed by atoms with E-state index >= 15 is 0 Å². The average molecular weight is 435 g/mol. The van der Waals surface area contributed by atoms with Gasteiger partial charge in [-0.2, -0.15) is 0 Å². The second-order valence-corrected chi connectivity index (χ2v) is 6.98. The number of nitro benzene ring substituents is 1. The second kappa shape index (κ2) is 9.61. The molecule has 0 spiro atoms. The average Bonchev–Trinajstić information content (AvgIpc) is 2.73. The summed E-state index contributed by atoms with van der Waals surface area (Å²) in [7, 11) is 0. The highest BCUT2D eigenvalue weighted by molar-refractivity contribution is 5.91. The number of amides is 1. The first-order valence-electron chi connectivity index (χ1n) is 9.48. The standard InChI is InChI=1S/C21H20F3N3O4/c22-21(23,24)31-19-7-4-17(5-8-19)15-25-10-12-26(13-11-25)20(28)9-6-16-2-1-3-18(14-16)27(29)30/h1-9,14H,10-13,15H2/b9-6+. The first-order chi connectivity index (χ1) is 14.7. The van der Waals surface area contributed by atoms with Crippen molar-refractivity contribution in [2.75, 3.05) is 26.2 Å². The number of alkyl halides is 3. The van der Waals surface area contributed by atoms with Gasteiger partial charge in [0.15, 0.2) is 0 Å². The predicted molar refractivity (Wildman–Crippen MR) is 107 cm³/mol. The third-order valence-electron chi connectivity index (χ3n) is 4.75. The van der Waals surface area contributed by atoms with E-state index in [2.05, 4.69) is 9.64 Å².